The van der Waals surface area contributed by atoms with Gasteiger partial charge in [0, 0.05) is 6.42 Å². The molecule has 0 saturated heterocycles. The topological polar surface area (TPSA) is 62.0 Å². The molecule has 0 aliphatic carbocycles. The van der Waals surface area contributed by atoms with Gasteiger partial charge in [0.15, 0.2) is 0 Å². The summed E-state index contributed by atoms with van der Waals surface area (Å²) in [6.07, 6.45) is -1.06. The average molecular weight is 165 g/mol. The van der Waals surface area contributed by atoms with Gasteiger partial charge < -0.3 is 15.1 Å². The van der Waals surface area contributed by atoms with Crippen LogP contribution in [0.25, 0.3) is 0 Å². The lowest BCUT2D eigenvalue weighted by atomic mass is 10.2. The number of alkyl halides is 1. The highest BCUT2D eigenvalue weighted by Crippen LogP contribution is 1.96. The normalized spacial score (nSPS) is 16.7. The van der Waals surface area contributed by atoms with Crippen molar-refractivity contribution in [2.24, 2.45) is 5.16 Å². The van der Waals surface area contributed by atoms with Gasteiger partial charge >= 0.3 is 0 Å². The zero-order chi connectivity index (χ0) is 8.69. The van der Waals surface area contributed by atoms with Gasteiger partial charge in [-0.25, -0.2) is 4.39 Å². The highest BCUT2D eigenvalue weighted by atomic mass is 19.1. The van der Waals surface area contributed by atoms with Crippen molar-refractivity contribution in [2.75, 3.05) is 13.8 Å². The van der Waals surface area contributed by atoms with E-state index in [1.807, 2.05) is 0 Å². The maximum Gasteiger partial charge on any atom is 0.115 e. The van der Waals surface area contributed by atoms with Crippen LogP contribution < -0.4 is 0 Å². The van der Waals surface area contributed by atoms with Crippen LogP contribution in [0.5, 0.6) is 0 Å². The Hall–Kier alpha value is -0.680. The number of halogens is 1. The molecule has 0 aromatic heterocycles. The van der Waals surface area contributed by atoms with E-state index >= 15 is 0 Å². The fourth-order valence-electron chi connectivity index (χ4n) is 0.534. The summed E-state index contributed by atoms with van der Waals surface area (Å²) in [5.41, 5.74) is 0. The van der Waals surface area contributed by atoms with Crippen molar-refractivity contribution < 1.29 is 19.4 Å². The van der Waals surface area contributed by atoms with Crippen LogP contribution in [0.4, 0.5) is 4.39 Å². The maximum absolute atomic E-state index is 11.6. The minimum atomic E-state index is -1.13. The number of aliphatic hydroxyl groups excluding tert-OH is 2. The van der Waals surface area contributed by atoms with Crippen LogP contribution >= 0.6 is 0 Å². The summed E-state index contributed by atoms with van der Waals surface area (Å²) in [7, 11) is 1.33. The molecule has 0 radical (unpaired) electrons. The molecule has 11 heavy (non-hydrogen) atoms. The molecule has 0 aromatic rings. The standard InChI is InChI=1S/C6H12FNO3/c1-11-8-4-6(10)2-5(9)3-7/h4-6,9-10H,2-3H2,1H3. The number of rotatable bonds is 5. The molecule has 0 heterocycles. The second-order valence-corrected chi connectivity index (χ2v) is 2.05. The van der Waals surface area contributed by atoms with Crippen molar-refractivity contribution in [1.29, 1.82) is 0 Å². The van der Waals surface area contributed by atoms with Crippen LogP contribution in [0.3, 0.4) is 0 Å². The molecular weight excluding hydrogens is 153 g/mol. The highest BCUT2D eigenvalue weighted by Gasteiger charge is 2.08. The Morgan fingerprint density at radius 1 is 1.64 bits per heavy atom. The van der Waals surface area contributed by atoms with Crippen LogP contribution in [0.15, 0.2) is 5.16 Å². The van der Waals surface area contributed by atoms with Crippen molar-refractivity contribution in [2.45, 2.75) is 18.6 Å². The smallest absolute Gasteiger partial charge is 0.115 e. The lowest BCUT2D eigenvalue weighted by Crippen LogP contribution is -2.20. The fraction of sp³-hybridized carbons (Fsp3) is 0.833. The number of aliphatic hydroxyl groups is 2. The molecule has 2 N–H and O–H groups in total. The van der Waals surface area contributed by atoms with Gasteiger partial charge in [0.2, 0.25) is 0 Å². The van der Waals surface area contributed by atoms with Crippen LogP contribution in [0, 0.1) is 0 Å². The first-order valence-corrected chi connectivity index (χ1v) is 3.19. The second kappa shape index (κ2) is 6.06. The number of hydrogen-bond donors (Lipinski definition) is 2. The first-order chi connectivity index (χ1) is 5.20. The van der Waals surface area contributed by atoms with Gasteiger partial charge in [-0.3, -0.25) is 0 Å². The lowest BCUT2D eigenvalue weighted by molar-refractivity contribution is 0.0900. The summed E-state index contributed by atoms with van der Waals surface area (Å²) in [5, 5.41) is 20.9. The number of nitrogens with zero attached hydrogens (tertiary/aromatic N) is 1. The molecule has 0 aromatic carbocycles. The molecule has 4 nitrogen and oxygen atoms in total. The molecule has 0 amide bonds. The van der Waals surface area contributed by atoms with Crippen molar-refractivity contribution >= 4 is 6.21 Å². The summed E-state index contributed by atoms with van der Waals surface area (Å²) in [6, 6.07) is 0. The lowest BCUT2D eigenvalue weighted by Gasteiger charge is -2.07. The van der Waals surface area contributed by atoms with Crippen molar-refractivity contribution in [3.63, 3.8) is 0 Å². The molecule has 0 fully saturated rings. The van der Waals surface area contributed by atoms with Gasteiger partial charge in [0.25, 0.3) is 0 Å². The predicted octanol–water partition coefficient (Wildman–Crippen LogP) is -0.300. The molecule has 0 aliphatic rings. The van der Waals surface area contributed by atoms with E-state index in [0.717, 1.165) is 6.21 Å². The number of oxime groups is 1. The molecule has 5 heteroatoms. The summed E-state index contributed by atoms with van der Waals surface area (Å²) in [5.74, 6) is 0. The van der Waals surface area contributed by atoms with Crippen LogP contribution in [0.2, 0.25) is 0 Å². The van der Waals surface area contributed by atoms with Gasteiger partial charge in [0.05, 0.1) is 18.4 Å². The Labute approximate surface area is 64.3 Å². The minimum absolute atomic E-state index is 0.0661. The van der Waals surface area contributed by atoms with Gasteiger partial charge in [-0.1, -0.05) is 5.16 Å². The monoisotopic (exact) mass is 165 g/mol. The van der Waals surface area contributed by atoms with Crippen molar-refractivity contribution in [1.82, 2.24) is 0 Å². The molecule has 2 unspecified atom stereocenters. The van der Waals surface area contributed by atoms with Crippen molar-refractivity contribution in [3.05, 3.63) is 0 Å². The Bertz CT molecular complexity index is 120. The first-order valence-electron chi connectivity index (χ1n) is 3.19. The van der Waals surface area contributed by atoms with Crippen LogP contribution in [0.1, 0.15) is 6.42 Å². The van der Waals surface area contributed by atoms with E-state index in [-0.39, 0.29) is 6.42 Å². The maximum atomic E-state index is 11.6. The quantitative estimate of drug-likeness (QED) is 0.434. The second-order valence-electron chi connectivity index (χ2n) is 2.05. The zero-order valence-electron chi connectivity index (χ0n) is 6.27. The fourth-order valence-corrected chi connectivity index (χ4v) is 0.534. The third-order valence-corrected chi connectivity index (χ3v) is 1.03. The third kappa shape index (κ3) is 5.75. The van der Waals surface area contributed by atoms with Gasteiger partial charge in [0.1, 0.15) is 13.8 Å². The van der Waals surface area contributed by atoms with E-state index in [4.69, 9.17) is 10.2 Å². The van der Waals surface area contributed by atoms with Crippen LogP contribution in [-0.2, 0) is 4.84 Å². The average Bonchev–Trinajstić information content (AvgIpc) is 2.00. The zero-order valence-corrected chi connectivity index (χ0v) is 6.27. The Kier molecular flexibility index (Phi) is 5.68. The Morgan fingerprint density at radius 3 is 2.73 bits per heavy atom. The Morgan fingerprint density at radius 2 is 2.27 bits per heavy atom. The van der Waals surface area contributed by atoms with E-state index < -0.39 is 18.9 Å². The minimum Gasteiger partial charge on any atom is -0.399 e. The first kappa shape index (κ1) is 10.3. The van der Waals surface area contributed by atoms with Crippen LogP contribution in [-0.4, -0.2) is 42.4 Å². The molecule has 0 saturated carbocycles. The summed E-state index contributed by atoms with van der Waals surface area (Å²) in [6.45, 7) is -0.863. The third-order valence-electron chi connectivity index (χ3n) is 1.03. The molecular formula is C6H12FNO3. The van der Waals surface area contributed by atoms with Gasteiger partial charge in [-0.2, -0.15) is 0 Å². The molecule has 2 atom stereocenters. The molecule has 0 bridgehead atoms. The van der Waals surface area contributed by atoms with E-state index in [0.29, 0.717) is 0 Å². The molecule has 66 valence electrons. The molecule has 0 spiro atoms. The SMILES string of the molecule is CON=CC(O)CC(O)CF. The van der Waals surface area contributed by atoms with E-state index in [1.165, 1.54) is 7.11 Å². The largest absolute Gasteiger partial charge is 0.399 e. The van der Waals surface area contributed by atoms with Gasteiger partial charge in [-0.15, -0.1) is 0 Å². The highest BCUT2D eigenvalue weighted by molar-refractivity contribution is 5.61. The summed E-state index contributed by atoms with van der Waals surface area (Å²) in [4.78, 5) is 4.26. The van der Waals surface area contributed by atoms with Gasteiger partial charge in [-0.05, 0) is 0 Å². The predicted molar refractivity (Wildman–Crippen MR) is 38.1 cm³/mol. The summed E-state index contributed by atoms with van der Waals surface area (Å²) >= 11 is 0. The molecule has 0 aliphatic heterocycles. The van der Waals surface area contributed by atoms with E-state index in [2.05, 4.69) is 9.99 Å². The van der Waals surface area contributed by atoms with Crippen molar-refractivity contribution in [3.8, 4) is 0 Å². The van der Waals surface area contributed by atoms with E-state index in [9.17, 15) is 4.39 Å². The Balaban J connectivity index is 3.50. The number of hydrogen-bond acceptors (Lipinski definition) is 4. The van der Waals surface area contributed by atoms with E-state index in [1.54, 1.807) is 0 Å². The summed E-state index contributed by atoms with van der Waals surface area (Å²) < 4.78 is 11.6. The molecule has 0 rings (SSSR count).